The van der Waals surface area contributed by atoms with E-state index >= 15 is 0 Å². The van der Waals surface area contributed by atoms with Crippen molar-refractivity contribution in [3.8, 4) is 0 Å². The van der Waals surface area contributed by atoms with Gasteiger partial charge in [0.1, 0.15) is 24.4 Å². The average Bonchev–Trinajstić information content (AvgIpc) is 2.86. The number of carbonyl (C=O) groups is 2. The maximum absolute atomic E-state index is 13.0. The predicted molar refractivity (Wildman–Crippen MR) is 121 cm³/mol. The van der Waals surface area contributed by atoms with Crippen molar-refractivity contribution in [3.05, 3.63) is 64.7 Å². The summed E-state index contributed by atoms with van der Waals surface area (Å²) in [7, 11) is 0. The Morgan fingerprint density at radius 2 is 1.53 bits per heavy atom. The summed E-state index contributed by atoms with van der Waals surface area (Å²) in [6, 6.07) is 12.0. The number of benzene rings is 2. The van der Waals surface area contributed by atoms with E-state index in [1.165, 1.54) is 0 Å². The Balaban J connectivity index is 1.25. The van der Waals surface area contributed by atoms with Crippen molar-refractivity contribution in [2.75, 3.05) is 38.2 Å². The molecule has 6 N–H and O–H groups in total. The first kappa shape index (κ1) is 24.4. The summed E-state index contributed by atoms with van der Waals surface area (Å²) in [5.41, 5.74) is 2.16. The molecule has 0 spiro atoms. The molecule has 0 bridgehead atoms. The van der Waals surface area contributed by atoms with Gasteiger partial charge in [0.15, 0.2) is 17.9 Å². The van der Waals surface area contributed by atoms with Gasteiger partial charge in [-0.2, -0.15) is 0 Å². The summed E-state index contributed by atoms with van der Waals surface area (Å²) in [5.74, 6) is -0.355. The fourth-order valence-electron chi connectivity index (χ4n) is 4.16. The zero-order chi connectivity index (χ0) is 24.2. The number of hydrogen-bond acceptors (Lipinski definition) is 10. The molecule has 0 amide bonds. The number of hydrogen-bond donors (Lipinski definition) is 6. The SMILES string of the molecule is O=C1c2ccccc2C(=O)c2c(NCCNCCO[C@@H]3O[C@H](CO)[C@@H](O)[C@H](O)[C@H]3O)cccc21. The molecule has 10 nitrogen and oxygen atoms in total. The van der Waals surface area contributed by atoms with Crippen LogP contribution in [0.3, 0.4) is 0 Å². The zero-order valence-electron chi connectivity index (χ0n) is 18.4. The van der Waals surface area contributed by atoms with Gasteiger partial charge < -0.3 is 40.5 Å². The highest BCUT2D eigenvalue weighted by Crippen LogP contribution is 2.31. The zero-order valence-corrected chi connectivity index (χ0v) is 18.4. The van der Waals surface area contributed by atoms with Gasteiger partial charge in [0.2, 0.25) is 0 Å². The number of ether oxygens (including phenoxy) is 2. The van der Waals surface area contributed by atoms with Gasteiger partial charge in [0, 0.05) is 42.0 Å². The van der Waals surface area contributed by atoms with Crippen LogP contribution < -0.4 is 10.6 Å². The maximum atomic E-state index is 13.0. The molecular formula is C24H28N2O8. The Hall–Kier alpha value is -2.70. The lowest BCUT2D eigenvalue weighted by Gasteiger charge is -2.39. The van der Waals surface area contributed by atoms with Crippen LogP contribution >= 0.6 is 0 Å². The van der Waals surface area contributed by atoms with Crippen molar-refractivity contribution in [1.29, 1.82) is 0 Å². The summed E-state index contributed by atoms with van der Waals surface area (Å²) >= 11 is 0. The van der Waals surface area contributed by atoms with Crippen LogP contribution in [0.15, 0.2) is 42.5 Å². The van der Waals surface area contributed by atoms with Crippen molar-refractivity contribution in [1.82, 2.24) is 5.32 Å². The van der Waals surface area contributed by atoms with E-state index in [4.69, 9.17) is 9.47 Å². The second-order valence-corrected chi connectivity index (χ2v) is 8.18. The summed E-state index contributed by atoms with van der Waals surface area (Å²) in [4.78, 5) is 25.8. The van der Waals surface area contributed by atoms with Crippen LogP contribution in [-0.4, -0.2) is 95.5 Å². The van der Waals surface area contributed by atoms with E-state index in [0.717, 1.165) is 0 Å². The molecule has 0 unspecified atom stereocenters. The largest absolute Gasteiger partial charge is 0.394 e. The van der Waals surface area contributed by atoms with E-state index < -0.39 is 37.3 Å². The maximum Gasteiger partial charge on any atom is 0.196 e. The van der Waals surface area contributed by atoms with E-state index in [2.05, 4.69) is 10.6 Å². The smallest absolute Gasteiger partial charge is 0.196 e. The minimum atomic E-state index is -1.48. The lowest BCUT2D eigenvalue weighted by molar-refractivity contribution is -0.300. The third-order valence-electron chi connectivity index (χ3n) is 5.98. The van der Waals surface area contributed by atoms with Gasteiger partial charge in [0.05, 0.1) is 18.8 Å². The molecule has 5 atom stereocenters. The monoisotopic (exact) mass is 472 g/mol. The van der Waals surface area contributed by atoms with Crippen LogP contribution in [0.4, 0.5) is 5.69 Å². The van der Waals surface area contributed by atoms with Crippen molar-refractivity contribution in [3.63, 3.8) is 0 Å². The molecule has 2 aromatic rings. The fraction of sp³-hybridized carbons (Fsp3) is 0.417. The summed E-state index contributed by atoms with van der Waals surface area (Å²) < 4.78 is 10.7. The van der Waals surface area contributed by atoms with Crippen molar-refractivity contribution < 1.29 is 39.5 Å². The Kier molecular flexibility index (Phi) is 7.69. The standard InChI is InChI=1S/C24H28N2O8/c27-12-17-21(30)22(31)23(32)24(34-17)33-11-10-25-8-9-26-16-7-3-6-15-18(16)20(29)14-5-2-1-4-13(14)19(15)28/h1-7,17,21-27,30-32H,8-12H2/t17-,21-,22+,23-,24-/m1/s1. The van der Waals surface area contributed by atoms with Gasteiger partial charge >= 0.3 is 0 Å². The molecule has 0 saturated carbocycles. The van der Waals surface area contributed by atoms with Crippen LogP contribution in [0.25, 0.3) is 0 Å². The van der Waals surface area contributed by atoms with Crippen LogP contribution in [0, 0.1) is 0 Å². The van der Waals surface area contributed by atoms with E-state index in [1.54, 1.807) is 42.5 Å². The summed E-state index contributed by atoms with van der Waals surface area (Å²) in [5, 5.41) is 45.1. The first-order valence-corrected chi connectivity index (χ1v) is 11.1. The van der Waals surface area contributed by atoms with Crippen LogP contribution in [0.2, 0.25) is 0 Å². The average molecular weight is 472 g/mol. The highest BCUT2D eigenvalue weighted by Gasteiger charge is 2.43. The van der Waals surface area contributed by atoms with Gasteiger partial charge in [-0.3, -0.25) is 9.59 Å². The third-order valence-corrected chi connectivity index (χ3v) is 5.98. The Bertz CT molecular complexity index is 1040. The third kappa shape index (κ3) is 4.75. The molecule has 1 heterocycles. The van der Waals surface area contributed by atoms with Crippen molar-refractivity contribution in [2.45, 2.75) is 30.7 Å². The van der Waals surface area contributed by atoms with Crippen LogP contribution in [-0.2, 0) is 9.47 Å². The second-order valence-electron chi connectivity index (χ2n) is 8.18. The predicted octanol–water partition coefficient (Wildman–Crippen LogP) is -0.720. The normalized spacial score (nSPS) is 26.2. The molecule has 0 radical (unpaired) electrons. The number of anilines is 1. The first-order chi connectivity index (χ1) is 16.4. The fourth-order valence-corrected chi connectivity index (χ4v) is 4.16. The lowest BCUT2D eigenvalue weighted by atomic mass is 9.83. The van der Waals surface area contributed by atoms with E-state index in [0.29, 0.717) is 47.6 Å². The quantitative estimate of drug-likeness (QED) is 0.220. The molecule has 2 aromatic carbocycles. The minimum Gasteiger partial charge on any atom is -0.394 e. The van der Waals surface area contributed by atoms with Gasteiger partial charge in [-0.1, -0.05) is 36.4 Å². The first-order valence-electron chi connectivity index (χ1n) is 11.1. The topological polar surface area (TPSA) is 158 Å². The highest BCUT2D eigenvalue weighted by atomic mass is 16.7. The molecule has 4 rings (SSSR count). The number of ketones is 2. The molecule has 2 aliphatic rings. The van der Waals surface area contributed by atoms with E-state index in [1.807, 2.05) is 0 Å². The van der Waals surface area contributed by atoms with Crippen LogP contribution in [0.5, 0.6) is 0 Å². The lowest BCUT2D eigenvalue weighted by Crippen LogP contribution is -2.59. The summed E-state index contributed by atoms with van der Waals surface area (Å²) in [6.45, 7) is 1.01. The Morgan fingerprint density at radius 3 is 2.26 bits per heavy atom. The molecule has 1 fully saturated rings. The van der Waals surface area contributed by atoms with E-state index in [9.17, 15) is 30.0 Å². The minimum absolute atomic E-state index is 0.146. The number of aliphatic hydroxyl groups excluding tert-OH is 4. The van der Waals surface area contributed by atoms with Gasteiger partial charge in [-0.25, -0.2) is 0 Å². The van der Waals surface area contributed by atoms with Gasteiger partial charge in [-0.05, 0) is 6.07 Å². The number of rotatable bonds is 9. The highest BCUT2D eigenvalue weighted by molar-refractivity contribution is 6.30. The molecule has 34 heavy (non-hydrogen) atoms. The van der Waals surface area contributed by atoms with Gasteiger partial charge in [0.25, 0.3) is 0 Å². The molecule has 1 aliphatic carbocycles. The van der Waals surface area contributed by atoms with Gasteiger partial charge in [-0.15, -0.1) is 0 Å². The Morgan fingerprint density at radius 1 is 0.824 bits per heavy atom. The van der Waals surface area contributed by atoms with Crippen LogP contribution in [0.1, 0.15) is 31.8 Å². The molecule has 1 saturated heterocycles. The molecular weight excluding hydrogens is 444 g/mol. The van der Waals surface area contributed by atoms with Crippen molar-refractivity contribution in [2.24, 2.45) is 0 Å². The van der Waals surface area contributed by atoms with Crippen molar-refractivity contribution >= 4 is 17.3 Å². The molecule has 1 aliphatic heterocycles. The Labute approximate surface area is 196 Å². The molecule has 0 aromatic heterocycles. The second kappa shape index (κ2) is 10.7. The number of aliphatic hydroxyl groups is 4. The number of fused-ring (bicyclic) bond motifs is 2. The molecule has 10 heteroatoms. The number of carbonyl (C=O) groups excluding carboxylic acids is 2. The molecule has 182 valence electrons. The number of nitrogens with one attached hydrogen (secondary N) is 2. The summed E-state index contributed by atoms with van der Waals surface area (Å²) in [6.07, 6.45) is -6.53. The van der Waals surface area contributed by atoms with E-state index in [-0.39, 0.29) is 18.2 Å².